The maximum Gasteiger partial charge on any atom is 0.270 e. The van der Waals surface area contributed by atoms with E-state index >= 15 is 0 Å². The van der Waals surface area contributed by atoms with Crippen molar-refractivity contribution < 1.29 is 14.8 Å². The number of nitrogens with zero attached hydrogens (tertiary/aromatic N) is 1. The first-order valence-corrected chi connectivity index (χ1v) is 6.69. The van der Waals surface area contributed by atoms with E-state index in [9.17, 15) is 15.2 Å². The molecule has 0 aliphatic carbocycles. The van der Waals surface area contributed by atoms with Gasteiger partial charge in [0.15, 0.2) is 0 Å². The molecule has 2 aromatic carbocycles. The van der Waals surface area contributed by atoms with Crippen LogP contribution in [-0.2, 0) is 6.61 Å². The average molecular weight is 308 g/mol. The number of rotatable bonds is 5. The molecule has 110 valence electrons. The molecule has 0 radical (unpaired) electrons. The summed E-state index contributed by atoms with van der Waals surface area (Å²) in [6.45, 7) is 1.80. The molecule has 2 aromatic rings. The van der Waals surface area contributed by atoms with Crippen molar-refractivity contribution in [2.45, 2.75) is 19.6 Å². The second-order valence-corrected chi connectivity index (χ2v) is 5.01. The van der Waals surface area contributed by atoms with Gasteiger partial charge in [0.05, 0.1) is 11.0 Å². The standard InChI is InChI=1S/C15H14ClNO4/c1-10(18)14-8-13(17(19)20)5-6-15(14)21-9-11-3-2-4-12(16)7-11/h2-8,10,18H,9H2,1H3/t10-/m1/s1. The molecular formula is C15H14ClNO4. The molecule has 0 aliphatic heterocycles. The van der Waals surface area contributed by atoms with E-state index in [0.717, 1.165) is 5.56 Å². The first-order chi connectivity index (χ1) is 9.97. The van der Waals surface area contributed by atoms with Gasteiger partial charge in [0.25, 0.3) is 5.69 Å². The number of benzene rings is 2. The topological polar surface area (TPSA) is 72.6 Å². The Labute approximate surface area is 126 Å². The fraction of sp³-hybridized carbons (Fsp3) is 0.200. The summed E-state index contributed by atoms with van der Waals surface area (Å²) in [5.74, 6) is 0.413. The van der Waals surface area contributed by atoms with E-state index in [1.54, 1.807) is 12.1 Å². The summed E-state index contributed by atoms with van der Waals surface area (Å²) in [6, 6.07) is 11.4. The minimum atomic E-state index is -0.862. The van der Waals surface area contributed by atoms with Gasteiger partial charge in [-0.05, 0) is 30.7 Å². The fourth-order valence-corrected chi connectivity index (χ4v) is 2.11. The Hall–Kier alpha value is -2.11. The van der Waals surface area contributed by atoms with Crippen LogP contribution in [0, 0.1) is 10.1 Å². The highest BCUT2D eigenvalue weighted by Crippen LogP contribution is 2.30. The summed E-state index contributed by atoms with van der Waals surface area (Å²) in [5.41, 5.74) is 1.17. The summed E-state index contributed by atoms with van der Waals surface area (Å²) < 4.78 is 5.63. The predicted octanol–water partition coefficient (Wildman–Crippen LogP) is 3.88. The quantitative estimate of drug-likeness (QED) is 0.672. The molecule has 6 heteroatoms. The van der Waals surface area contributed by atoms with Crippen LogP contribution < -0.4 is 4.74 Å². The minimum Gasteiger partial charge on any atom is -0.489 e. The maximum absolute atomic E-state index is 10.8. The number of halogens is 1. The lowest BCUT2D eigenvalue weighted by Crippen LogP contribution is -2.02. The van der Waals surface area contributed by atoms with Crippen molar-refractivity contribution in [3.05, 3.63) is 68.7 Å². The van der Waals surface area contributed by atoms with E-state index in [0.29, 0.717) is 16.3 Å². The van der Waals surface area contributed by atoms with Crippen molar-refractivity contribution >= 4 is 17.3 Å². The lowest BCUT2D eigenvalue weighted by atomic mass is 10.1. The van der Waals surface area contributed by atoms with Crippen molar-refractivity contribution in [2.75, 3.05) is 0 Å². The number of aliphatic hydroxyl groups excluding tert-OH is 1. The van der Waals surface area contributed by atoms with Crippen molar-refractivity contribution in [1.29, 1.82) is 0 Å². The van der Waals surface area contributed by atoms with Gasteiger partial charge < -0.3 is 9.84 Å². The van der Waals surface area contributed by atoms with Gasteiger partial charge in [-0.15, -0.1) is 0 Å². The molecule has 0 spiro atoms. The van der Waals surface area contributed by atoms with Crippen molar-refractivity contribution in [2.24, 2.45) is 0 Å². The van der Waals surface area contributed by atoms with Crippen molar-refractivity contribution in [3.8, 4) is 5.75 Å². The second-order valence-electron chi connectivity index (χ2n) is 4.57. The van der Waals surface area contributed by atoms with Gasteiger partial charge in [-0.1, -0.05) is 23.7 Å². The molecule has 1 atom stereocenters. The number of ether oxygens (including phenoxy) is 1. The summed E-state index contributed by atoms with van der Waals surface area (Å²) in [4.78, 5) is 10.3. The van der Waals surface area contributed by atoms with E-state index < -0.39 is 11.0 Å². The molecule has 0 fully saturated rings. The molecule has 0 bridgehead atoms. The lowest BCUT2D eigenvalue weighted by Gasteiger charge is -2.13. The number of hydrogen-bond donors (Lipinski definition) is 1. The number of aliphatic hydroxyl groups is 1. The van der Waals surface area contributed by atoms with Gasteiger partial charge in [0, 0.05) is 22.7 Å². The smallest absolute Gasteiger partial charge is 0.270 e. The molecule has 0 aliphatic rings. The third-order valence-corrected chi connectivity index (χ3v) is 3.17. The zero-order valence-corrected chi connectivity index (χ0v) is 12.1. The molecular weight excluding hydrogens is 294 g/mol. The molecule has 0 aromatic heterocycles. The Kier molecular flexibility index (Phi) is 4.77. The second kappa shape index (κ2) is 6.56. The van der Waals surface area contributed by atoms with Gasteiger partial charge in [0.2, 0.25) is 0 Å². The summed E-state index contributed by atoms with van der Waals surface area (Å²) >= 11 is 5.89. The number of nitro groups is 1. The Morgan fingerprint density at radius 1 is 1.33 bits per heavy atom. The number of nitro benzene ring substituents is 1. The Bertz CT molecular complexity index is 658. The number of hydrogen-bond acceptors (Lipinski definition) is 4. The summed E-state index contributed by atoms with van der Waals surface area (Å²) in [7, 11) is 0. The normalized spacial score (nSPS) is 12.0. The zero-order chi connectivity index (χ0) is 15.4. The van der Waals surface area contributed by atoms with E-state index in [1.807, 2.05) is 12.1 Å². The maximum atomic E-state index is 10.8. The highest BCUT2D eigenvalue weighted by molar-refractivity contribution is 6.30. The van der Waals surface area contributed by atoms with Gasteiger partial charge in [-0.2, -0.15) is 0 Å². The average Bonchev–Trinajstić information content (AvgIpc) is 2.44. The van der Waals surface area contributed by atoms with Crippen LogP contribution in [0.15, 0.2) is 42.5 Å². The van der Waals surface area contributed by atoms with Crippen LogP contribution in [0.25, 0.3) is 0 Å². The lowest BCUT2D eigenvalue weighted by molar-refractivity contribution is -0.385. The molecule has 0 saturated carbocycles. The highest BCUT2D eigenvalue weighted by Gasteiger charge is 2.15. The predicted molar refractivity (Wildman–Crippen MR) is 79.5 cm³/mol. The molecule has 2 rings (SSSR count). The molecule has 5 nitrogen and oxygen atoms in total. The third-order valence-electron chi connectivity index (χ3n) is 2.94. The first kappa shape index (κ1) is 15.3. The van der Waals surface area contributed by atoms with E-state index in [-0.39, 0.29) is 12.3 Å². The summed E-state index contributed by atoms with van der Waals surface area (Å²) in [5, 5.41) is 21.1. The van der Waals surface area contributed by atoms with E-state index in [1.165, 1.54) is 25.1 Å². The van der Waals surface area contributed by atoms with Crippen LogP contribution in [0.2, 0.25) is 5.02 Å². The first-order valence-electron chi connectivity index (χ1n) is 6.31. The van der Waals surface area contributed by atoms with E-state index in [4.69, 9.17) is 16.3 Å². The third kappa shape index (κ3) is 3.93. The van der Waals surface area contributed by atoms with E-state index in [2.05, 4.69) is 0 Å². The summed E-state index contributed by atoms with van der Waals surface area (Å²) in [6.07, 6.45) is -0.862. The molecule has 0 saturated heterocycles. The van der Waals surface area contributed by atoms with Crippen LogP contribution >= 0.6 is 11.6 Å². The SMILES string of the molecule is C[C@@H](O)c1cc([N+](=O)[O-])ccc1OCc1cccc(Cl)c1. The molecule has 0 unspecified atom stereocenters. The van der Waals surface area contributed by atoms with Crippen molar-refractivity contribution in [3.63, 3.8) is 0 Å². The minimum absolute atomic E-state index is 0.0824. The molecule has 0 heterocycles. The monoisotopic (exact) mass is 307 g/mol. The van der Waals surface area contributed by atoms with Crippen LogP contribution in [0.4, 0.5) is 5.69 Å². The number of non-ortho nitro benzene ring substituents is 1. The van der Waals surface area contributed by atoms with Crippen LogP contribution in [-0.4, -0.2) is 10.0 Å². The fourth-order valence-electron chi connectivity index (χ4n) is 1.90. The Balaban J connectivity index is 2.21. The highest BCUT2D eigenvalue weighted by atomic mass is 35.5. The molecule has 1 N–H and O–H groups in total. The molecule has 21 heavy (non-hydrogen) atoms. The van der Waals surface area contributed by atoms with Crippen molar-refractivity contribution in [1.82, 2.24) is 0 Å². The Morgan fingerprint density at radius 3 is 2.71 bits per heavy atom. The van der Waals surface area contributed by atoms with Gasteiger partial charge >= 0.3 is 0 Å². The van der Waals surface area contributed by atoms with Gasteiger partial charge in [-0.25, -0.2) is 0 Å². The van der Waals surface area contributed by atoms with Crippen LogP contribution in [0.3, 0.4) is 0 Å². The van der Waals surface area contributed by atoms with Gasteiger partial charge in [-0.3, -0.25) is 10.1 Å². The Morgan fingerprint density at radius 2 is 2.10 bits per heavy atom. The zero-order valence-electron chi connectivity index (χ0n) is 11.3. The molecule has 0 amide bonds. The largest absolute Gasteiger partial charge is 0.489 e. The van der Waals surface area contributed by atoms with Crippen LogP contribution in [0.1, 0.15) is 24.2 Å². The van der Waals surface area contributed by atoms with Gasteiger partial charge in [0.1, 0.15) is 12.4 Å². The van der Waals surface area contributed by atoms with Crippen LogP contribution in [0.5, 0.6) is 5.75 Å².